The van der Waals surface area contributed by atoms with Gasteiger partial charge in [0.2, 0.25) is 15.8 Å². The van der Waals surface area contributed by atoms with E-state index in [2.05, 4.69) is 15.3 Å². The molecule has 14 heteroatoms. The molecule has 38 heavy (non-hydrogen) atoms. The summed E-state index contributed by atoms with van der Waals surface area (Å²) in [5.41, 5.74) is -1.16. The van der Waals surface area contributed by atoms with E-state index in [4.69, 9.17) is 4.42 Å². The fourth-order valence-corrected chi connectivity index (χ4v) is 6.82. The van der Waals surface area contributed by atoms with Crippen LogP contribution in [0.1, 0.15) is 55.3 Å². The number of nitrogens with zero attached hydrogens (tertiary/aromatic N) is 5. The highest BCUT2D eigenvalue weighted by atomic mass is 32.2. The molecule has 5 rings (SSSR count). The molecule has 0 spiro atoms. The van der Waals surface area contributed by atoms with Gasteiger partial charge in [0.15, 0.2) is 5.69 Å². The lowest BCUT2D eigenvalue weighted by atomic mass is 10.0. The van der Waals surface area contributed by atoms with Gasteiger partial charge in [-0.2, -0.15) is 22.5 Å². The van der Waals surface area contributed by atoms with Crippen LogP contribution < -0.4 is 15.1 Å². The molecule has 10 nitrogen and oxygen atoms in total. The molecule has 4 heterocycles. The van der Waals surface area contributed by atoms with Crippen molar-refractivity contribution in [2.75, 3.05) is 54.4 Å². The Labute approximate surface area is 219 Å². The predicted molar refractivity (Wildman–Crippen MR) is 135 cm³/mol. The quantitative estimate of drug-likeness (QED) is 0.575. The van der Waals surface area contributed by atoms with Gasteiger partial charge in [-0.05, 0) is 50.2 Å². The maximum Gasteiger partial charge on any atom is 0.437 e. The molecule has 3 fully saturated rings. The molecule has 0 bridgehead atoms. The number of oxazole rings is 1. The van der Waals surface area contributed by atoms with E-state index in [-0.39, 0.29) is 22.9 Å². The molecule has 1 aliphatic carbocycles. The zero-order valence-electron chi connectivity index (χ0n) is 21.1. The highest BCUT2D eigenvalue weighted by molar-refractivity contribution is 7.90. The highest BCUT2D eigenvalue weighted by Gasteiger charge is 2.42. The minimum absolute atomic E-state index is 0.198. The van der Waals surface area contributed by atoms with Crippen molar-refractivity contribution in [1.82, 2.24) is 14.3 Å². The average molecular weight is 557 g/mol. The van der Waals surface area contributed by atoms with Crippen LogP contribution >= 0.6 is 0 Å². The molecule has 1 unspecified atom stereocenters. The molecule has 0 radical (unpaired) electrons. The first kappa shape index (κ1) is 26.7. The van der Waals surface area contributed by atoms with Crippen LogP contribution in [-0.2, 0) is 16.2 Å². The number of sulfonamides is 1. The fourth-order valence-electron chi connectivity index (χ4n) is 4.94. The van der Waals surface area contributed by atoms with Gasteiger partial charge in [0.1, 0.15) is 5.82 Å². The second-order valence-electron chi connectivity index (χ2n) is 10.2. The Hall–Kier alpha value is -2.87. The summed E-state index contributed by atoms with van der Waals surface area (Å²) in [6.45, 7) is 4.92. The Morgan fingerprint density at radius 1 is 1.05 bits per heavy atom. The van der Waals surface area contributed by atoms with Gasteiger partial charge < -0.3 is 19.5 Å². The van der Waals surface area contributed by atoms with Gasteiger partial charge in [0, 0.05) is 39.3 Å². The number of carbonyl (C=O) groups excluding carboxylic acids is 1. The number of hydrogen-bond acceptors (Lipinski definition) is 8. The number of rotatable bonds is 6. The van der Waals surface area contributed by atoms with Crippen LogP contribution in [0.5, 0.6) is 0 Å². The number of hydrogen-bond donors (Lipinski definition) is 1. The first-order chi connectivity index (χ1) is 18.0. The van der Waals surface area contributed by atoms with Gasteiger partial charge in [-0.25, -0.2) is 13.4 Å². The normalized spacial score (nSPS) is 21.8. The summed E-state index contributed by atoms with van der Waals surface area (Å²) < 4.78 is 73.0. The number of nitrogens with one attached hydrogen (secondary N) is 1. The highest BCUT2D eigenvalue weighted by Crippen LogP contribution is 2.35. The topological polar surface area (TPSA) is 112 Å². The first-order valence-electron chi connectivity index (χ1n) is 12.9. The number of aromatic nitrogens is 2. The largest absolute Gasteiger partial charge is 0.437 e. The number of pyridine rings is 1. The van der Waals surface area contributed by atoms with Crippen molar-refractivity contribution in [2.24, 2.45) is 5.92 Å². The van der Waals surface area contributed by atoms with Crippen LogP contribution in [0.25, 0.3) is 0 Å². The number of carbonyl (C=O) groups is 1. The standard InChI is InChI=1S/C24H31F3N6O4S/c1-16-4-2-9-32(15-16)23-30-21(24(25,26)27)20(37-23)22(34)29-17-5-8-19(28-14-17)31-10-3-11-33(13-12-31)38(35,36)18-6-7-18/h5,8,14,16,18H,2-4,6-7,9-13,15H2,1H3,(H,29,34). The molecule has 1 saturated carbocycles. The lowest BCUT2D eigenvalue weighted by molar-refractivity contribution is -0.141. The van der Waals surface area contributed by atoms with Crippen LogP contribution in [0.4, 0.5) is 30.7 Å². The first-order valence-corrected chi connectivity index (χ1v) is 14.4. The van der Waals surface area contributed by atoms with Gasteiger partial charge in [0.05, 0.1) is 17.1 Å². The lowest BCUT2D eigenvalue weighted by Gasteiger charge is -2.29. The van der Waals surface area contributed by atoms with Crippen LogP contribution in [0.15, 0.2) is 22.7 Å². The Morgan fingerprint density at radius 2 is 1.82 bits per heavy atom. The number of piperidine rings is 1. The predicted octanol–water partition coefficient (Wildman–Crippen LogP) is 3.58. The van der Waals surface area contributed by atoms with E-state index in [1.165, 1.54) is 6.20 Å². The maximum absolute atomic E-state index is 13.7. The summed E-state index contributed by atoms with van der Waals surface area (Å²) in [5.74, 6) is -1.08. The Morgan fingerprint density at radius 3 is 2.47 bits per heavy atom. The van der Waals surface area contributed by atoms with Crippen molar-refractivity contribution in [3.63, 3.8) is 0 Å². The van der Waals surface area contributed by atoms with Gasteiger partial charge in [-0.15, -0.1) is 0 Å². The van der Waals surface area contributed by atoms with Crippen molar-refractivity contribution >= 4 is 33.5 Å². The maximum atomic E-state index is 13.7. The van der Waals surface area contributed by atoms with E-state index in [9.17, 15) is 26.4 Å². The minimum Gasteiger partial charge on any atom is -0.417 e. The fraction of sp³-hybridized carbons (Fsp3) is 0.625. The average Bonchev–Trinajstić information content (AvgIpc) is 3.67. The van der Waals surface area contributed by atoms with Gasteiger partial charge in [0.25, 0.3) is 11.9 Å². The zero-order valence-corrected chi connectivity index (χ0v) is 21.9. The van der Waals surface area contributed by atoms with Gasteiger partial charge in [-0.3, -0.25) is 4.79 Å². The third-order valence-electron chi connectivity index (χ3n) is 7.11. The lowest BCUT2D eigenvalue weighted by Crippen LogP contribution is -2.37. The second kappa shape index (κ2) is 10.4. The van der Waals surface area contributed by atoms with E-state index in [1.54, 1.807) is 21.3 Å². The van der Waals surface area contributed by atoms with Crippen LogP contribution in [-0.4, -0.2) is 73.1 Å². The summed E-state index contributed by atoms with van der Waals surface area (Å²) in [5, 5.41) is 2.17. The Bertz CT molecular complexity index is 1260. The van der Waals surface area contributed by atoms with E-state index in [1.807, 2.05) is 11.8 Å². The van der Waals surface area contributed by atoms with Crippen LogP contribution in [0.3, 0.4) is 0 Å². The Balaban J connectivity index is 1.26. The van der Waals surface area contributed by atoms with Crippen LogP contribution in [0.2, 0.25) is 0 Å². The van der Waals surface area contributed by atoms with E-state index >= 15 is 0 Å². The smallest absolute Gasteiger partial charge is 0.417 e. The van der Waals surface area contributed by atoms with Gasteiger partial charge in [-0.1, -0.05) is 6.92 Å². The molecule has 2 saturated heterocycles. The van der Waals surface area contributed by atoms with Crippen molar-refractivity contribution < 1.29 is 30.8 Å². The van der Waals surface area contributed by atoms with Crippen molar-refractivity contribution in [3.05, 3.63) is 29.8 Å². The molecule has 2 aromatic heterocycles. The minimum atomic E-state index is -4.86. The zero-order chi connectivity index (χ0) is 27.1. The molecule has 2 aromatic rings. The number of halogens is 3. The molecule has 1 amide bonds. The molecule has 1 atom stereocenters. The SMILES string of the molecule is CC1CCCN(c2nc(C(F)(F)F)c(C(=O)Nc3ccc(N4CCCN(S(=O)(=O)C5CC5)CC4)nc3)o2)C1. The summed E-state index contributed by atoms with van der Waals surface area (Å²) in [6.07, 6.45) is 0.350. The molecule has 3 aliphatic rings. The molecular formula is C24H31F3N6O4S. The summed E-state index contributed by atoms with van der Waals surface area (Å²) in [6, 6.07) is 2.98. The molecule has 1 N–H and O–H groups in total. The van der Waals surface area contributed by atoms with Crippen molar-refractivity contribution in [1.29, 1.82) is 0 Å². The molecular weight excluding hydrogens is 525 g/mol. The summed E-state index contributed by atoms with van der Waals surface area (Å²) in [4.78, 5) is 24.4. The Kier molecular flexibility index (Phi) is 7.29. The third-order valence-corrected chi connectivity index (χ3v) is 9.51. The molecule has 208 valence electrons. The van der Waals surface area contributed by atoms with E-state index < -0.39 is 33.6 Å². The summed E-state index contributed by atoms with van der Waals surface area (Å²) >= 11 is 0. The third kappa shape index (κ3) is 5.75. The molecule has 2 aliphatic heterocycles. The summed E-state index contributed by atoms with van der Waals surface area (Å²) in [7, 11) is -3.25. The van der Waals surface area contributed by atoms with Crippen molar-refractivity contribution in [3.8, 4) is 0 Å². The number of amides is 1. The number of anilines is 3. The van der Waals surface area contributed by atoms with Crippen LogP contribution in [0, 0.1) is 5.92 Å². The van der Waals surface area contributed by atoms with E-state index in [0.717, 1.165) is 12.8 Å². The molecule has 0 aromatic carbocycles. The number of alkyl halides is 3. The van der Waals surface area contributed by atoms with E-state index in [0.29, 0.717) is 64.3 Å². The monoisotopic (exact) mass is 556 g/mol. The second-order valence-corrected chi connectivity index (χ2v) is 12.4. The van der Waals surface area contributed by atoms with Gasteiger partial charge >= 0.3 is 6.18 Å². The van der Waals surface area contributed by atoms with Crippen molar-refractivity contribution in [2.45, 2.75) is 50.5 Å².